The molecule has 0 saturated heterocycles. The summed E-state index contributed by atoms with van der Waals surface area (Å²) in [6.07, 6.45) is 0. The number of rotatable bonds is 7. The quantitative estimate of drug-likeness (QED) is 0.163. The van der Waals surface area contributed by atoms with Crippen LogP contribution in [0.5, 0.6) is 0 Å². The lowest BCUT2D eigenvalue weighted by Crippen LogP contribution is -2.10. The Morgan fingerprint density at radius 2 is 0.964 bits per heavy atom. The summed E-state index contributed by atoms with van der Waals surface area (Å²) in [5.74, 6) is 0. The minimum Gasteiger partial charge on any atom is -0.456 e. The predicted molar refractivity (Wildman–Crippen MR) is 239 cm³/mol. The van der Waals surface area contributed by atoms with E-state index in [0.29, 0.717) is 0 Å². The summed E-state index contributed by atoms with van der Waals surface area (Å²) in [4.78, 5) is 4.75. The first-order valence-electron chi connectivity index (χ1n) is 18.9. The van der Waals surface area contributed by atoms with Gasteiger partial charge < -0.3 is 14.2 Å². The number of nitrogens with zero attached hydrogens (tertiary/aromatic N) is 2. The Morgan fingerprint density at radius 1 is 0.375 bits per heavy atom. The van der Waals surface area contributed by atoms with E-state index in [1.165, 1.54) is 47.8 Å². The second-order valence-corrected chi connectivity index (χ2v) is 15.2. The van der Waals surface area contributed by atoms with Gasteiger partial charge in [-0.3, -0.25) is 0 Å². The van der Waals surface area contributed by atoms with E-state index in [-0.39, 0.29) is 0 Å². The van der Waals surface area contributed by atoms with Gasteiger partial charge in [-0.1, -0.05) is 127 Å². The maximum Gasteiger partial charge on any atom is 0.135 e. The molecule has 11 aromatic rings. The molecule has 0 radical (unpaired) electrons. The van der Waals surface area contributed by atoms with Crippen molar-refractivity contribution in [2.24, 2.45) is 0 Å². The van der Waals surface area contributed by atoms with E-state index >= 15 is 0 Å². The van der Waals surface area contributed by atoms with Crippen LogP contribution in [-0.2, 0) is 0 Å². The first kappa shape index (κ1) is 32.3. The summed E-state index contributed by atoms with van der Waals surface area (Å²) in [5, 5.41) is 7.20. The van der Waals surface area contributed by atoms with Gasteiger partial charge >= 0.3 is 0 Å². The van der Waals surface area contributed by atoms with Crippen molar-refractivity contribution in [2.75, 3.05) is 9.80 Å². The van der Waals surface area contributed by atoms with Crippen LogP contribution in [0, 0.1) is 0 Å². The lowest BCUT2D eigenvalue weighted by atomic mass is 10.0. The van der Waals surface area contributed by atoms with Gasteiger partial charge in [-0.25, -0.2) is 0 Å². The first-order valence-corrected chi connectivity index (χ1v) is 19.7. The zero-order valence-corrected chi connectivity index (χ0v) is 31.2. The Balaban J connectivity index is 1.04. The lowest BCUT2D eigenvalue weighted by molar-refractivity contribution is 0.669. The standard InChI is InChI=1S/C52H34N2OS/c1-3-16-37(17-4-1)53(40-32-33-49-45(34-40)43-21-9-10-26-48(43)55-49)39-30-28-36(29-31-39)42-22-12-23-44-51-47(25-13-27-50(51)56-52(42)44)54(38-18-5-2-6-19-38)46-24-11-15-35-14-7-8-20-41(35)46/h1-34H. The van der Waals surface area contributed by atoms with Gasteiger partial charge in [-0.15, -0.1) is 11.3 Å². The Bertz CT molecular complexity index is 3200. The highest BCUT2D eigenvalue weighted by atomic mass is 32.1. The first-order chi connectivity index (χ1) is 27.8. The maximum atomic E-state index is 6.18. The van der Waals surface area contributed by atoms with Crippen LogP contribution in [0.15, 0.2) is 211 Å². The van der Waals surface area contributed by atoms with E-state index in [1.54, 1.807) is 0 Å². The SMILES string of the molecule is c1ccc(N(c2ccc(-c3cccc4c3sc3cccc(N(c5ccccc5)c5cccc6ccccc56)c34)cc2)c2ccc3oc4ccccc4c3c2)cc1. The number of benzene rings is 9. The molecule has 56 heavy (non-hydrogen) atoms. The Labute approximate surface area is 328 Å². The summed E-state index contributed by atoms with van der Waals surface area (Å²) in [7, 11) is 0. The second kappa shape index (κ2) is 13.3. The molecule has 0 aliphatic rings. The van der Waals surface area contributed by atoms with E-state index in [0.717, 1.165) is 50.4 Å². The maximum absolute atomic E-state index is 6.18. The third kappa shape index (κ3) is 5.34. The van der Waals surface area contributed by atoms with Crippen LogP contribution in [0.2, 0.25) is 0 Å². The summed E-state index contributed by atoms with van der Waals surface area (Å²) < 4.78 is 8.73. The molecule has 0 atom stereocenters. The Morgan fingerprint density at radius 3 is 1.79 bits per heavy atom. The van der Waals surface area contributed by atoms with Crippen LogP contribution in [-0.4, -0.2) is 0 Å². The van der Waals surface area contributed by atoms with Gasteiger partial charge in [0.15, 0.2) is 0 Å². The molecule has 0 fully saturated rings. The van der Waals surface area contributed by atoms with Crippen molar-refractivity contribution in [2.45, 2.75) is 0 Å². The fourth-order valence-corrected chi connectivity index (χ4v) is 9.56. The van der Waals surface area contributed by atoms with E-state index in [4.69, 9.17) is 4.42 Å². The van der Waals surface area contributed by atoms with Crippen molar-refractivity contribution < 1.29 is 4.42 Å². The number of para-hydroxylation sites is 3. The normalized spacial score (nSPS) is 11.6. The lowest BCUT2D eigenvalue weighted by Gasteiger charge is -2.27. The van der Waals surface area contributed by atoms with Crippen molar-refractivity contribution in [3.63, 3.8) is 0 Å². The second-order valence-electron chi connectivity index (χ2n) is 14.1. The Kier molecular flexibility index (Phi) is 7.68. The highest BCUT2D eigenvalue weighted by molar-refractivity contribution is 7.26. The van der Waals surface area contributed by atoms with Crippen molar-refractivity contribution in [3.8, 4) is 11.1 Å². The summed E-state index contributed by atoms with van der Waals surface area (Å²) >= 11 is 1.87. The van der Waals surface area contributed by atoms with Gasteiger partial charge in [0, 0.05) is 59.1 Å². The van der Waals surface area contributed by atoms with E-state index in [1.807, 2.05) is 23.5 Å². The largest absolute Gasteiger partial charge is 0.456 e. The zero-order chi connectivity index (χ0) is 37.0. The molecule has 2 aromatic heterocycles. The number of thiophene rings is 1. The van der Waals surface area contributed by atoms with Gasteiger partial charge in [0.25, 0.3) is 0 Å². The summed E-state index contributed by atoms with van der Waals surface area (Å²) in [6.45, 7) is 0. The number of furan rings is 1. The van der Waals surface area contributed by atoms with E-state index in [2.05, 4.69) is 204 Å². The highest BCUT2D eigenvalue weighted by Crippen LogP contribution is 2.48. The molecule has 11 rings (SSSR count). The van der Waals surface area contributed by atoms with Crippen LogP contribution in [0.4, 0.5) is 34.1 Å². The molecule has 2 heterocycles. The topological polar surface area (TPSA) is 19.6 Å². The van der Waals surface area contributed by atoms with Crippen molar-refractivity contribution in [3.05, 3.63) is 206 Å². The minimum atomic E-state index is 0.891. The third-order valence-corrected chi connectivity index (χ3v) is 12.0. The fourth-order valence-electron chi connectivity index (χ4n) is 8.30. The van der Waals surface area contributed by atoms with Crippen molar-refractivity contribution in [1.82, 2.24) is 0 Å². The smallest absolute Gasteiger partial charge is 0.135 e. The molecule has 0 N–H and O–H groups in total. The summed E-state index contributed by atoms with van der Waals surface area (Å²) in [5.41, 5.74) is 10.9. The van der Waals surface area contributed by atoms with E-state index in [9.17, 15) is 0 Å². The molecule has 0 amide bonds. The van der Waals surface area contributed by atoms with Crippen molar-refractivity contribution >= 4 is 98.3 Å². The molecule has 0 unspecified atom stereocenters. The number of hydrogen-bond donors (Lipinski definition) is 0. The van der Waals surface area contributed by atoms with Crippen LogP contribution in [0.25, 0.3) is 64.0 Å². The van der Waals surface area contributed by atoms with Crippen molar-refractivity contribution in [1.29, 1.82) is 0 Å². The fraction of sp³-hybridized carbons (Fsp3) is 0. The van der Waals surface area contributed by atoms with Crippen LogP contribution < -0.4 is 9.80 Å². The molecule has 0 bridgehead atoms. The van der Waals surface area contributed by atoms with Crippen LogP contribution in [0.3, 0.4) is 0 Å². The molecule has 264 valence electrons. The van der Waals surface area contributed by atoms with Gasteiger partial charge in [0.1, 0.15) is 11.2 Å². The molecular weight excluding hydrogens is 701 g/mol. The highest BCUT2D eigenvalue weighted by Gasteiger charge is 2.21. The van der Waals surface area contributed by atoms with Crippen LogP contribution in [0.1, 0.15) is 0 Å². The average Bonchev–Trinajstić information content (AvgIpc) is 3.84. The molecule has 0 aliphatic heterocycles. The molecular formula is C52H34N2OS. The molecule has 0 aliphatic carbocycles. The van der Waals surface area contributed by atoms with E-state index < -0.39 is 0 Å². The predicted octanol–water partition coefficient (Wildman–Crippen LogP) is 15.7. The summed E-state index contributed by atoms with van der Waals surface area (Å²) in [6, 6.07) is 73.8. The Hall–Kier alpha value is -7.14. The molecule has 0 spiro atoms. The van der Waals surface area contributed by atoms with Gasteiger partial charge in [-0.05, 0) is 95.4 Å². The average molecular weight is 735 g/mol. The van der Waals surface area contributed by atoms with Gasteiger partial charge in [0.2, 0.25) is 0 Å². The van der Waals surface area contributed by atoms with Gasteiger partial charge in [-0.2, -0.15) is 0 Å². The van der Waals surface area contributed by atoms with Crippen LogP contribution >= 0.6 is 11.3 Å². The molecule has 0 saturated carbocycles. The molecule has 9 aromatic carbocycles. The molecule has 3 nitrogen and oxygen atoms in total. The monoisotopic (exact) mass is 734 g/mol. The van der Waals surface area contributed by atoms with Gasteiger partial charge in [0.05, 0.1) is 11.4 Å². The number of fused-ring (bicyclic) bond motifs is 7. The minimum absolute atomic E-state index is 0.891. The third-order valence-electron chi connectivity index (χ3n) is 10.8. The number of hydrogen-bond acceptors (Lipinski definition) is 4. The number of anilines is 6. The molecule has 4 heteroatoms. The zero-order valence-electron chi connectivity index (χ0n) is 30.3.